The van der Waals surface area contributed by atoms with Crippen molar-refractivity contribution in [1.29, 1.82) is 0 Å². The van der Waals surface area contributed by atoms with E-state index in [1.54, 1.807) is 0 Å². The highest BCUT2D eigenvalue weighted by Crippen LogP contribution is 2.22. The predicted molar refractivity (Wildman–Crippen MR) is 77.9 cm³/mol. The number of hydrogen-bond donors (Lipinski definition) is 2. The molecule has 2 aromatic rings. The Labute approximate surface area is 125 Å². The Hall–Kier alpha value is -2.47. The van der Waals surface area contributed by atoms with Gasteiger partial charge >= 0.3 is 0 Å². The van der Waals surface area contributed by atoms with Gasteiger partial charge in [-0.2, -0.15) is 0 Å². The van der Waals surface area contributed by atoms with E-state index in [4.69, 9.17) is 11.6 Å². The van der Waals surface area contributed by atoms with Gasteiger partial charge in [-0.15, -0.1) is 0 Å². The molecule has 0 spiro atoms. The van der Waals surface area contributed by atoms with Crippen LogP contribution < -0.4 is 10.6 Å². The summed E-state index contributed by atoms with van der Waals surface area (Å²) in [6.07, 6.45) is 2.73. The molecule has 0 fully saturated rings. The zero-order valence-electron chi connectivity index (χ0n) is 11.0. The van der Waals surface area contributed by atoms with Crippen LogP contribution in [0.15, 0.2) is 36.7 Å². The van der Waals surface area contributed by atoms with Crippen LogP contribution in [-0.4, -0.2) is 16.8 Å². The highest BCUT2D eigenvalue weighted by atomic mass is 35.5. The lowest BCUT2D eigenvalue weighted by molar-refractivity contribution is -0.114. The molecular formula is C14H11ClFN3O2. The summed E-state index contributed by atoms with van der Waals surface area (Å²) >= 11 is 5.85. The van der Waals surface area contributed by atoms with Gasteiger partial charge in [0.1, 0.15) is 5.82 Å². The van der Waals surface area contributed by atoms with Crippen molar-refractivity contribution in [2.24, 2.45) is 0 Å². The second-order valence-electron chi connectivity index (χ2n) is 4.19. The summed E-state index contributed by atoms with van der Waals surface area (Å²) in [6.45, 7) is 1.33. The molecule has 2 amide bonds. The molecule has 0 aliphatic heterocycles. The molecule has 0 bridgehead atoms. The molecule has 0 radical (unpaired) electrons. The van der Waals surface area contributed by atoms with Crippen molar-refractivity contribution in [3.05, 3.63) is 53.1 Å². The second-order valence-corrected chi connectivity index (χ2v) is 4.59. The summed E-state index contributed by atoms with van der Waals surface area (Å²) in [4.78, 5) is 26.8. The van der Waals surface area contributed by atoms with Crippen molar-refractivity contribution in [2.45, 2.75) is 6.92 Å². The van der Waals surface area contributed by atoms with Crippen molar-refractivity contribution < 1.29 is 14.0 Å². The number of nitrogens with one attached hydrogen (secondary N) is 2. The largest absolute Gasteiger partial charge is 0.326 e. The van der Waals surface area contributed by atoms with Crippen LogP contribution in [0.3, 0.4) is 0 Å². The van der Waals surface area contributed by atoms with Gasteiger partial charge in [-0.3, -0.25) is 14.6 Å². The molecule has 2 N–H and O–H groups in total. The number of carbonyl (C=O) groups is 2. The predicted octanol–water partition coefficient (Wildman–Crippen LogP) is 3.08. The topological polar surface area (TPSA) is 71.1 Å². The van der Waals surface area contributed by atoms with Gasteiger partial charge in [0.2, 0.25) is 5.91 Å². The van der Waals surface area contributed by atoms with E-state index in [1.165, 1.54) is 37.5 Å². The second kappa shape index (κ2) is 6.32. The lowest BCUT2D eigenvalue weighted by atomic mass is 10.2. The number of hydrogen-bond acceptors (Lipinski definition) is 3. The number of pyridine rings is 1. The SMILES string of the molecule is CC(=O)Nc1ccc(F)c(NC(=O)c2ccncc2Cl)c1. The van der Waals surface area contributed by atoms with E-state index in [-0.39, 0.29) is 22.2 Å². The highest BCUT2D eigenvalue weighted by molar-refractivity contribution is 6.34. The molecule has 108 valence electrons. The fraction of sp³-hybridized carbons (Fsp3) is 0.0714. The number of carbonyl (C=O) groups excluding carboxylic acids is 2. The van der Waals surface area contributed by atoms with Crippen LogP contribution in [0, 0.1) is 5.82 Å². The average molecular weight is 308 g/mol. The van der Waals surface area contributed by atoms with Gasteiger partial charge in [-0.25, -0.2) is 4.39 Å². The van der Waals surface area contributed by atoms with E-state index in [0.717, 1.165) is 6.07 Å². The number of halogens is 2. The maximum atomic E-state index is 13.7. The van der Waals surface area contributed by atoms with Gasteiger partial charge in [-0.1, -0.05) is 11.6 Å². The summed E-state index contributed by atoms with van der Waals surface area (Å²) in [7, 11) is 0. The van der Waals surface area contributed by atoms with Crippen LogP contribution in [0.4, 0.5) is 15.8 Å². The number of rotatable bonds is 3. The van der Waals surface area contributed by atoms with Gasteiger partial charge in [-0.05, 0) is 24.3 Å². The fourth-order valence-electron chi connectivity index (χ4n) is 1.65. The maximum Gasteiger partial charge on any atom is 0.257 e. The van der Waals surface area contributed by atoms with Crippen LogP contribution >= 0.6 is 11.6 Å². The minimum absolute atomic E-state index is 0.0564. The highest BCUT2D eigenvalue weighted by Gasteiger charge is 2.13. The van der Waals surface area contributed by atoms with Crippen molar-refractivity contribution in [3.63, 3.8) is 0 Å². The lowest BCUT2D eigenvalue weighted by Gasteiger charge is -2.09. The third-order valence-corrected chi connectivity index (χ3v) is 2.85. The summed E-state index contributed by atoms with van der Waals surface area (Å²) < 4.78 is 13.7. The van der Waals surface area contributed by atoms with Crippen molar-refractivity contribution in [1.82, 2.24) is 4.98 Å². The van der Waals surface area contributed by atoms with E-state index >= 15 is 0 Å². The van der Waals surface area contributed by atoms with Crippen LogP contribution in [0.5, 0.6) is 0 Å². The zero-order chi connectivity index (χ0) is 15.4. The Morgan fingerprint density at radius 2 is 2.00 bits per heavy atom. The first-order valence-electron chi connectivity index (χ1n) is 5.95. The third-order valence-electron chi connectivity index (χ3n) is 2.55. The van der Waals surface area contributed by atoms with E-state index in [1.807, 2.05) is 0 Å². The normalized spacial score (nSPS) is 10.0. The summed E-state index contributed by atoms with van der Waals surface area (Å²) in [5.74, 6) is -1.49. The van der Waals surface area contributed by atoms with Crippen molar-refractivity contribution >= 4 is 34.8 Å². The van der Waals surface area contributed by atoms with E-state index in [2.05, 4.69) is 15.6 Å². The molecule has 1 heterocycles. The van der Waals surface area contributed by atoms with Gasteiger partial charge in [0.25, 0.3) is 5.91 Å². The minimum atomic E-state index is -0.623. The first kappa shape index (κ1) is 14.9. The molecule has 0 saturated heterocycles. The molecule has 0 aliphatic carbocycles. The number of anilines is 2. The van der Waals surface area contributed by atoms with Crippen molar-refractivity contribution in [2.75, 3.05) is 10.6 Å². The number of nitrogens with zero attached hydrogens (tertiary/aromatic N) is 1. The molecule has 5 nitrogen and oxygen atoms in total. The molecule has 0 atom stereocenters. The maximum absolute atomic E-state index is 13.7. The molecule has 7 heteroatoms. The number of benzene rings is 1. The summed E-state index contributed by atoms with van der Waals surface area (Å²) in [6, 6.07) is 5.29. The molecule has 1 aromatic carbocycles. The van der Waals surface area contributed by atoms with E-state index in [0.29, 0.717) is 5.69 Å². The van der Waals surface area contributed by atoms with E-state index < -0.39 is 11.7 Å². The smallest absolute Gasteiger partial charge is 0.257 e. The van der Waals surface area contributed by atoms with Gasteiger partial charge in [0.05, 0.1) is 16.3 Å². The Balaban J connectivity index is 2.24. The minimum Gasteiger partial charge on any atom is -0.326 e. The standard InChI is InChI=1S/C14H11ClFN3O2/c1-8(20)18-9-2-3-12(16)13(6-9)19-14(21)10-4-5-17-7-11(10)15/h2-7H,1H3,(H,18,20)(H,19,21). The molecule has 0 unspecified atom stereocenters. The average Bonchev–Trinajstić information content (AvgIpc) is 2.42. The van der Waals surface area contributed by atoms with Crippen LogP contribution in [0.1, 0.15) is 17.3 Å². The monoisotopic (exact) mass is 307 g/mol. The Kier molecular flexibility index (Phi) is 4.49. The first-order valence-corrected chi connectivity index (χ1v) is 6.33. The summed E-state index contributed by atoms with van der Waals surface area (Å²) in [5, 5.41) is 5.07. The Morgan fingerprint density at radius 3 is 2.67 bits per heavy atom. The van der Waals surface area contributed by atoms with Crippen LogP contribution in [0.25, 0.3) is 0 Å². The summed E-state index contributed by atoms with van der Waals surface area (Å²) in [5.41, 5.74) is 0.496. The Bertz CT molecular complexity index is 706. The molecule has 0 aliphatic rings. The quantitative estimate of drug-likeness (QED) is 0.915. The van der Waals surface area contributed by atoms with Gasteiger partial charge in [0.15, 0.2) is 0 Å². The molecular weight excluding hydrogens is 297 g/mol. The number of aromatic nitrogens is 1. The van der Waals surface area contributed by atoms with Crippen LogP contribution in [-0.2, 0) is 4.79 Å². The lowest BCUT2D eigenvalue weighted by Crippen LogP contribution is -2.14. The van der Waals surface area contributed by atoms with Crippen molar-refractivity contribution in [3.8, 4) is 0 Å². The molecule has 2 rings (SSSR count). The number of amides is 2. The van der Waals surface area contributed by atoms with Gasteiger partial charge < -0.3 is 10.6 Å². The molecule has 21 heavy (non-hydrogen) atoms. The molecule has 0 saturated carbocycles. The van der Waals surface area contributed by atoms with Crippen LogP contribution in [0.2, 0.25) is 5.02 Å². The Morgan fingerprint density at radius 1 is 1.24 bits per heavy atom. The fourth-order valence-corrected chi connectivity index (χ4v) is 1.86. The molecule has 1 aromatic heterocycles. The van der Waals surface area contributed by atoms with E-state index in [9.17, 15) is 14.0 Å². The first-order chi connectivity index (χ1) is 9.97. The third kappa shape index (κ3) is 3.76. The zero-order valence-corrected chi connectivity index (χ0v) is 11.7. The van der Waals surface area contributed by atoms with Gasteiger partial charge in [0, 0.05) is 25.0 Å².